The van der Waals surface area contributed by atoms with E-state index in [1.54, 1.807) is 12.3 Å². The molecule has 1 aliphatic rings. The van der Waals surface area contributed by atoms with Gasteiger partial charge < -0.3 is 4.90 Å². The van der Waals surface area contributed by atoms with Gasteiger partial charge in [-0.1, -0.05) is 11.6 Å². The molecule has 0 amide bonds. The lowest BCUT2D eigenvalue weighted by Crippen LogP contribution is -2.23. The second kappa shape index (κ2) is 6.54. The molecule has 0 saturated carbocycles. The maximum Gasteiger partial charge on any atom is 0.250 e. The number of anilines is 1. The summed E-state index contributed by atoms with van der Waals surface area (Å²) in [7, 11) is -3.52. The molecule has 2 aromatic heterocycles. The quantitative estimate of drug-likeness (QED) is 0.893. The molecule has 8 heteroatoms. The molecule has 1 aliphatic heterocycles. The Hall–Kier alpha value is -1.15. The van der Waals surface area contributed by atoms with Crippen molar-refractivity contribution in [1.29, 1.82) is 0 Å². The zero-order chi connectivity index (χ0) is 15.6. The third kappa shape index (κ3) is 3.60. The average molecular weight is 358 g/mol. The number of nitrogens with one attached hydrogen (secondary N) is 1. The molecule has 5 nitrogen and oxygen atoms in total. The van der Waals surface area contributed by atoms with Crippen molar-refractivity contribution in [2.45, 2.75) is 23.6 Å². The van der Waals surface area contributed by atoms with Crippen LogP contribution in [0.4, 0.5) is 5.82 Å². The molecule has 0 bridgehead atoms. The van der Waals surface area contributed by atoms with E-state index in [9.17, 15) is 8.42 Å². The highest BCUT2D eigenvalue weighted by atomic mass is 35.5. The van der Waals surface area contributed by atoms with E-state index in [0.717, 1.165) is 35.8 Å². The Bertz CT molecular complexity index is 755. The van der Waals surface area contributed by atoms with Crippen molar-refractivity contribution in [3.05, 3.63) is 40.4 Å². The minimum Gasteiger partial charge on any atom is -0.357 e. The third-order valence-corrected chi connectivity index (χ3v) is 6.64. The van der Waals surface area contributed by atoms with E-state index in [0.29, 0.717) is 4.34 Å². The third-order valence-electron chi connectivity index (χ3n) is 3.52. The molecule has 0 unspecified atom stereocenters. The Balaban J connectivity index is 1.69. The average Bonchev–Trinajstić information content (AvgIpc) is 3.17. The van der Waals surface area contributed by atoms with Crippen molar-refractivity contribution in [3.63, 3.8) is 0 Å². The van der Waals surface area contributed by atoms with Crippen LogP contribution < -0.4 is 9.62 Å². The Morgan fingerprint density at radius 2 is 2.05 bits per heavy atom. The molecule has 3 rings (SSSR count). The zero-order valence-electron chi connectivity index (χ0n) is 11.8. The maximum atomic E-state index is 12.2. The molecule has 0 radical (unpaired) electrons. The van der Waals surface area contributed by atoms with Crippen molar-refractivity contribution < 1.29 is 8.42 Å². The smallest absolute Gasteiger partial charge is 0.250 e. The Morgan fingerprint density at radius 1 is 1.27 bits per heavy atom. The van der Waals surface area contributed by atoms with Gasteiger partial charge >= 0.3 is 0 Å². The molecular formula is C14H16ClN3O2S2. The standard InChI is InChI=1S/C14H16ClN3O2S2/c15-12-3-4-14(21-12)22(19,20)17-10-11-5-6-16-13(9-11)18-7-1-2-8-18/h3-6,9,17H,1-2,7-8,10H2. The number of halogens is 1. The second-order valence-corrected chi connectivity index (χ2v) is 8.81. The van der Waals surface area contributed by atoms with Crippen molar-refractivity contribution in [2.24, 2.45) is 0 Å². The van der Waals surface area contributed by atoms with E-state index in [2.05, 4.69) is 14.6 Å². The summed E-state index contributed by atoms with van der Waals surface area (Å²) in [5.41, 5.74) is 0.892. The first-order valence-electron chi connectivity index (χ1n) is 6.99. The van der Waals surface area contributed by atoms with Crippen LogP contribution in [-0.2, 0) is 16.6 Å². The van der Waals surface area contributed by atoms with Crippen LogP contribution in [0.2, 0.25) is 4.34 Å². The molecule has 2 aromatic rings. The minimum atomic E-state index is -3.52. The number of aromatic nitrogens is 1. The van der Waals surface area contributed by atoms with Crippen LogP contribution in [0.1, 0.15) is 18.4 Å². The van der Waals surface area contributed by atoms with Crippen molar-refractivity contribution in [1.82, 2.24) is 9.71 Å². The van der Waals surface area contributed by atoms with Gasteiger partial charge in [0.05, 0.1) is 4.34 Å². The number of pyridine rings is 1. The Kier molecular flexibility index (Phi) is 4.67. The molecule has 22 heavy (non-hydrogen) atoms. The van der Waals surface area contributed by atoms with Gasteiger partial charge in [-0.05, 0) is 42.7 Å². The lowest BCUT2D eigenvalue weighted by atomic mass is 10.2. The molecule has 0 spiro atoms. The highest BCUT2D eigenvalue weighted by Crippen LogP contribution is 2.25. The normalized spacial score (nSPS) is 15.4. The lowest BCUT2D eigenvalue weighted by Gasteiger charge is -2.16. The van der Waals surface area contributed by atoms with E-state index in [1.807, 2.05) is 12.1 Å². The molecular weight excluding hydrogens is 342 g/mol. The van der Waals surface area contributed by atoms with Crippen molar-refractivity contribution in [2.75, 3.05) is 18.0 Å². The highest BCUT2D eigenvalue weighted by Gasteiger charge is 2.17. The van der Waals surface area contributed by atoms with Crippen molar-refractivity contribution in [3.8, 4) is 0 Å². The van der Waals surface area contributed by atoms with Crippen LogP contribution in [0.25, 0.3) is 0 Å². The van der Waals surface area contributed by atoms with Gasteiger partial charge in [-0.3, -0.25) is 0 Å². The van der Waals surface area contributed by atoms with Gasteiger partial charge in [0.25, 0.3) is 0 Å². The van der Waals surface area contributed by atoms with E-state index >= 15 is 0 Å². The summed E-state index contributed by atoms with van der Waals surface area (Å²) in [6.45, 7) is 2.26. The highest BCUT2D eigenvalue weighted by molar-refractivity contribution is 7.91. The molecule has 0 aliphatic carbocycles. The molecule has 118 valence electrons. The molecule has 3 heterocycles. The van der Waals surface area contributed by atoms with E-state index < -0.39 is 10.0 Å². The van der Waals surface area contributed by atoms with Gasteiger partial charge in [-0.25, -0.2) is 18.1 Å². The SMILES string of the molecule is O=S(=O)(NCc1ccnc(N2CCCC2)c1)c1ccc(Cl)s1. The number of rotatable bonds is 5. The number of thiophene rings is 1. The van der Waals surface area contributed by atoms with Gasteiger partial charge in [-0.15, -0.1) is 11.3 Å². The van der Waals surface area contributed by atoms with Gasteiger partial charge in [0, 0.05) is 25.8 Å². The Morgan fingerprint density at radius 3 is 2.73 bits per heavy atom. The van der Waals surface area contributed by atoms with Gasteiger partial charge in [0.15, 0.2) is 0 Å². The number of sulfonamides is 1. The topological polar surface area (TPSA) is 62.3 Å². The largest absolute Gasteiger partial charge is 0.357 e. The first-order valence-corrected chi connectivity index (χ1v) is 9.67. The fourth-order valence-corrected chi connectivity index (χ4v) is 4.93. The summed E-state index contributed by atoms with van der Waals surface area (Å²) in [5.74, 6) is 0.911. The lowest BCUT2D eigenvalue weighted by molar-refractivity contribution is 0.583. The van der Waals surface area contributed by atoms with E-state index in [1.165, 1.54) is 18.9 Å². The van der Waals surface area contributed by atoms with Crippen LogP contribution in [0.3, 0.4) is 0 Å². The van der Waals surface area contributed by atoms with Crippen LogP contribution >= 0.6 is 22.9 Å². The molecule has 0 atom stereocenters. The summed E-state index contributed by atoms with van der Waals surface area (Å²) in [5, 5.41) is 0. The summed E-state index contributed by atoms with van der Waals surface area (Å²) < 4.78 is 27.6. The van der Waals surface area contributed by atoms with E-state index in [4.69, 9.17) is 11.6 Å². The van der Waals surface area contributed by atoms with Gasteiger partial charge in [-0.2, -0.15) is 0 Å². The Labute approximate surface area is 139 Å². The minimum absolute atomic E-state index is 0.228. The van der Waals surface area contributed by atoms with Crippen LogP contribution in [-0.4, -0.2) is 26.5 Å². The summed E-state index contributed by atoms with van der Waals surface area (Å²) in [6, 6.07) is 6.86. The summed E-state index contributed by atoms with van der Waals surface area (Å²) in [4.78, 5) is 6.58. The summed E-state index contributed by atoms with van der Waals surface area (Å²) >= 11 is 6.84. The molecule has 0 aromatic carbocycles. The predicted molar refractivity (Wildman–Crippen MR) is 89.0 cm³/mol. The first kappa shape index (κ1) is 15.7. The van der Waals surface area contributed by atoms with Crippen LogP contribution in [0, 0.1) is 0 Å². The monoisotopic (exact) mass is 357 g/mol. The fraction of sp³-hybridized carbons (Fsp3) is 0.357. The molecule has 1 saturated heterocycles. The maximum absolute atomic E-state index is 12.2. The number of hydrogen-bond acceptors (Lipinski definition) is 5. The van der Waals surface area contributed by atoms with Gasteiger partial charge in [0.1, 0.15) is 10.0 Å². The van der Waals surface area contributed by atoms with Crippen molar-refractivity contribution >= 4 is 38.8 Å². The second-order valence-electron chi connectivity index (χ2n) is 5.10. The van der Waals surface area contributed by atoms with E-state index in [-0.39, 0.29) is 10.8 Å². The van der Waals surface area contributed by atoms with Crippen LogP contribution in [0.5, 0.6) is 0 Å². The number of hydrogen-bond donors (Lipinski definition) is 1. The number of nitrogens with zero attached hydrogens (tertiary/aromatic N) is 2. The summed E-state index contributed by atoms with van der Waals surface area (Å²) in [6.07, 6.45) is 4.08. The molecule has 1 fully saturated rings. The fourth-order valence-electron chi connectivity index (χ4n) is 2.38. The van der Waals surface area contributed by atoms with Gasteiger partial charge in [0.2, 0.25) is 10.0 Å². The predicted octanol–water partition coefficient (Wildman–Crippen LogP) is 2.88. The molecule has 1 N–H and O–H groups in total. The first-order chi connectivity index (χ1) is 10.5. The van der Waals surface area contributed by atoms with Crippen LogP contribution in [0.15, 0.2) is 34.7 Å². The zero-order valence-corrected chi connectivity index (χ0v) is 14.2.